The minimum absolute atomic E-state index is 0.0444. The van der Waals surface area contributed by atoms with E-state index in [2.05, 4.69) is 5.32 Å². The van der Waals surface area contributed by atoms with Gasteiger partial charge in [-0.3, -0.25) is 0 Å². The van der Waals surface area contributed by atoms with Gasteiger partial charge in [0.1, 0.15) is 0 Å². The number of nitrogens with one attached hydrogen (secondary N) is 1. The summed E-state index contributed by atoms with van der Waals surface area (Å²) in [7, 11) is 0. The summed E-state index contributed by atoms with van der Waals surface area (Å²) in [4.78, 5) is 0. The van der Waals surface area contributed by atoms with Gasteiger partial charge in [0.05, 0.1) is 31.3 Å². The molecule has 0 saturated carbocycles. The summed E-state index contributed by atoms with van der Waals surface area (Å²) < 4.78 is 4.99. The van der Waals surface area contributed by atoms with Crippen molar-refractivity contribution < 1.29 is 14.6 Å². The van der Waals surface area contributed by atoms with E-state index in [0.717, 1.165) is 5.56 Å². The fourth-order valence-corrected chi connectivity index (χ4v) is 1.53. The second-order valence-corrected chi connectivity index (χ2v) is 3.87. The summed E-state index contributed by atoms with van der Waals surface area (Å²) in [5.41, 5.74) is 0.395. The molecule has 86 valence electrons. The van der Waals surface area contributed by atoms with Crippen LogP contribution in [0.4, 0.5) is 0 Å². The molecule has 1 rings (SSSR count). The molecule has 0 amide bonds. The van der Waals surface area contributed by atoms with Gasteiger partial charge in [0.2, 0.25) is 0 Å². The van der Waals surface area contributed by atoms with E-state index in [1.165, 1.54) is 0 Å². The van der Waals surface area contributed by atoms with E-state index in [1.807, 2.05) is 19.9 Å². The second-order valence-electron chi connectivity index (χ2n) is 3.87. The molecule has 0 aliphatic rings. The van der Waals surface area contributed by atoms with E-state index >= 15 is 0 Å². The molecule has 1 aromatic rings. The highest BCUT2D eigenvalue weighted by molar-refractivity contribution is 5.11. The molecule has 0 radical (unpaired) electrons. The number of aliphatic hydroxyl groups excluding tert-OH is 2. The Bertz CT molecular complexity index is 259. The normalized spacial score (nSPS) is 14.1. The van der Waals surface area contributed by atoms with Gasteiger partial charge >= 0.3 is 0 Å². The predicted molar refractivity (Wildman–Crippen MR) is 57.5 cm³/mol. The van der Waals surface area contributed by atoms with Crippen LogP contribution in [0, 0.1) is 0 Å². The molecule has 1 aromatic heterocycles. The van der Waals surface area contributed by atoms with Crippen molar-refractivity contribution in [3.05, 3.63) is 24.2 Å². The Hall–Kier alpha value is -0.840. The second kappa shape index (κ2) is 5.30. The highest BCUT2D eigenvalue weighted by Gasteiger charge is 2.28. The quantitative estimate of drug-likeness (QED) is 0.661. The molecule has 3 N–H and O–H groups in total. The Morgan fingerprint density at radius 3 is 2.53 bits per heavy atom. The molecule has 4 heteroatoms. The standard InChI is InChI=1S/C11H19NO3/c1-3-11(7-13,8-14)12-9(2)10-4-5-15-6-10/h4-6,9,12-14H,3,7-8H2,1-2H3. The zero-order valence-corrected chi connectivity index (χ0v) is 9.23. The summed E-state index contributed by atoms with van der Waals surface area (Å²) in [6, 6.07) is 1.91. The van der Waals surface area contributed by atoms with Gasteiger partial charge in [-0.25, -0.2) is 0 Å². The van der Waals surface area contributed by atoms with Crippen molar-refractivity contribution in [2.45, 2.75) is 31.8 Å². The molecular weight excluding hydrogens is 194 g/mol. The Morgan fingerprint density at radius 2 is 2.13 bits per heavy atom. The van der Waals surface area contributed by atoms with Crippen molar-refractivity contribution in [1.82, 2.24) is 5.32 Å². The molecule has 0 saturated heterocycles. The maximum atomic E-state index is 9.28. The van der Waals surface area contributed by atoms with E-state index in [4.69, 9.17) is 4.42 Å². The predicted octanol–water partition coefficient (Wildman–Crippen LogP) is 1.06. The molecule has 0 spiro atoms. The van der Waals surface area contributed by atoms with Gasteiger partial charge in [0, 0.05) is 11.6 Å². The van der Waals surface area contributed by atoms with Crippen LogP contribution < -0.4 is 5.32 Å². The van der Waals surface area contributed by atoms with Crippen molar-refractivity contribution in [3.8, 4) is 0 Å². The number of hydrogen-bond acceptors (Lipinski definition) is 4. The number of hydrogen-bond donors (Lipinski definition) is 3. The van der Waals surface area contributed by atoms with Crippen molar-refractivity contribution in [2.75, 3.05) is 13.2 Å². The van der Waals surface area contributed by atoms with Crippen LogP contribution >= 0.6 is 0 Å². The van der Waals surface area contributed by atoms with Crippen LogP contribution in [0.3, 0.4) is 0 Å². The summed E-state index contributed by atoms with van der Waals surface area (Å²) in [6.45, 7) is 3.74. The number of rotatable bonds is 6. The fraction of sp³-hybridized carbons (Fsp3) is 0.636. The summed E-state index contributed by atoms with van der Waals surface area (Å²) in [5, 5.41) is 21.8. The van der Waals surface area contributed by atoms with Gasteiger partial charge < -0.3 is 19.9 Å². The monoisotopic (exact) mass is 213 g/mol. The van der Waals surface area contributed by atoms with E-state index in [9.17, 15) is 10.2 Å². The molecule has 4 nitrogen and oxygen atoms in total. The molecular formula is C11H19NO3. The van der Waals surface area contributed by atoms with Crippen LogP contribution in [0.25, 0.3) is 0 Å². The first-order valence-corrected chi connectivity index (χ1v) is 5.19. The summed E-state index contributed by atoms with van der Waals surface area (Å²) in [6.07, 6.45) is 3.94. The van der Waals surface area contributed by atoms with E-state index in [1.54, 1.807) is 12.5 Å². The minimum Gasteiger partial charge on any atom is -0.472 e. The Labute approximate surface area is 89.9 Å². The first-order valence-electron chi connectivity index (χ1n) is 5.19. The molecule has 0 aliphatic carbocycles. The minimum atomic E-state index is -0.614. The third-order valence-electron chi connectivity index (χ3n) is 2.85. The molecule has 0 aliphatic heterocycles. The lowest BCUT2D eigenvalue weighted by Gasteiger charge is -2.33. The van der Waals surface area contributed by atoms with Gasteiger partial charge in [-0.05, 0) is 19.4 Å². The van der Waals surface area contributed by atoms with Crippen LogP contribution in [0.2, 0.25) is 0 Å². The highest BCUT2D eigenvalue weighted by Crippen LogP contribution is 2.18. The first-order chi connectivity index (χ1) is 7.17. The molecule has 1 atom stereocenters. The average Bonchev–Trinajstić information content (AvgIpc) is 2.79. The van der Waals surface area contributed by atoms with Crippen molar-refractivity contribution >= 4 is 0 Å². The van der Waals surface area contributed by atoms with Gasteiger partial charge in [0.25, 0.3) is 0 Å². The third kappa shape index (κ3) is 2.81. The lowest BCUT2D eigenvalue weighted by atomic mass is 9.96. The van der Waals surface area contributed by atoms with Gasteiger partial charge in [-0.15, -0.1) is 0 Å². The fourth-order valence-electron chi connectivity index (χ4n) is 1.53. The van der Waals surface area contributed by atoms with Crippen LogP contribution in [-0.2, 0) is 0 Å². The lowest BCUT2D eigenvalue weighted by Crippen LogP contribution is -2.52. The Balaban J connectivity index is 2.66. The van der Waals surface area contributed by atoms with Gasteiger partial charge in [-0.1, -0.05) is 6.92 Å². The zero-order chi connectivity index (χ0) is 11.3. The summed E-state index contributed by atoms with van der Waals surface area (Å²) in [5.74, 6) is 0. The highest BCUT2D eigenvalue weighted by atomic mass is 16.3. The molecule has 15 heavy (non-hydrogen) atoms. The third-order valence-corrected chi connectivity index (χ3v) is 2.85. The zero-order valence-electron chi connectivity index (χ0n) is 9.23. The maximum Gasteiger partial charge on any atom is 0.0950 e. The Kier molecular flexibility index (Phi) is 4.32. The van der Waals surface area contributed by atoms with Crippen molar-refractivity contribution in [3.63, 3.8) is 0 Å². The Morgan fingerprint density at radius 1 is 1.47 bits per heavy atom. The average molecular weight is 213 g/mol. The topological polar surface area (TPSA) is 65.6 Å². The van der Waals surface area contributed by atoms with Crippen LogP contribution in [0.15, 0.2) is 23.0 Å². The van der Waals surface area contributed by atoms with Gasteiger partial charge in [0.15, 0.2) is 0 Å². The van der Waals surface area contributed by atoms with Crippen LogP contribution in [0.5, 0.6) is 0 Å². The van der Waals surface area contributed by atoms with Gasteiger partial charge in [-0.2, -0.15) is 0 Å². The SMILES string of the molecule is CCC(CO)(CO)NC(C)c1ccoc1. The largest absolute Gasteiger partial charge is 0.472 e. The molecule has 0 aromatic carbocycles. The number of aliphatic hydroxyl groups is 2. The van der Waals surface area contributed by atoms with Crippen LogP contribution in [-0.4, -0.2) is 29.0 Å². The van der Waals surface area contributed by atoms with E-state index in [-0.39, 0.29) is 19.3 Å². The van der Waals surface area contributed by atoms with Crippen molar-refractivity contribution in [1.29, 1.82) is 0 Å². The first kappa shape index (κ1) is 12.2. The number of furan rings is 1. The molecule has 1 unspecified atom stereocenters. The molecule has 0 bridgehead atoms. The van der Waals surface area contributed by atoms with Crippen molar-refractivity contribution in [2.24, 2.45) is 0 Å². The molecule has 1 heterocycles. The molecule has 0 fully saturated rings. The smallest absolute Gasteiger partial charge is 0.0950 e. The summed E-state index contributed by atoms with van der Waals surface area (Å²) >= 11 is 0. The lowest BCUT2D eigenvalue weighted by molar-refractivity contribution is 0.0792. The van der Waals surface area contributed by atoms with E-state index < -0.39 is 5.54 Å². The van der Waals surface area contributed by atoms with E-state index in [0.29, 0.717) is 6.42 Å². The van der Waals surface area contributed by atoms with Crippen LogP contribution in [0.1, 0.15) is 31.9 Å². The maximum absolute atomic E-state index is 9.28.